The average molecular weight is 218 g/mol. The van der Waals surface area contributed by atoms with Gasteiger partial charge >= 0.3 is 5.97 Å². The zero-order chi connectivity index (χ0) is 11.5. The van der Waals surface area contributed by atoms with Gasteiger partial charge in [-0.25, -0.2) is 14.8 Å². The number of anilines is 1. The fraction of sp³-hybridized carbons (Fsp3) is 0.100. The summed E-state index contributed by atoms with van der Waals surface area (Å²) < 4.78 is 6.12. The third kappa shape index (κ3) is 1.72. The summed E-state index contributed by atoms with van der Waals surface area (Å²) >= 11 is 0. The van der Waals surface area contributed by atoms with E-state index in [2.05, 4.69) is 14.7 Å². The SMILES string of the molecule is COC(=O)c1cn(-c2ncccc2N)cn1. The molecule has 0 amide bonds. The highest BCUT2D eigenvalue weighted by Crippen LogP contribution is 2.13. The average Bonchev–Trinajstić information content (AvgIpc) is 2.78. The summed E-state index contributed by atoms with van der Waals surface area (Å²) in [6.07, 6.45) is 4.60. The van der Waals surface area contributed by atoms with Gasteiger partial charge in [-0.2, -0.15) is 0 Å². The number of esters is 1. The number of nitrogens with zero attached hydrogens (tertiary/aromatic N) is 3. The fourth-order valence-corrected chi connectivity index (χ4v) is 1.27. The van der Waals surface area contributed by atoms with Gasteiger partial charge in [-0.1, -0.05) is 0 Å². The van der Waals surface area contributed by atoms with Gasteiger partial charge in [0, 0.05) is 12.4 Å². The van der Waals surface area contributed by atoms with Gasteiger partial charge in [-0.3, -0.25) is 4.57 Å². The summed E-state index contributed by atoms with van der Waals surface area (Å²) in [4.78, 5) is 19.2. The quantitative estimate of drug-likeness (QED) is 0.748. The molecule has 2 aromatic rings. The van der Waals surface area contributed by atoms with Crippen LogP contribution in [0.2, 0.25) is 0 Å². The van der Waals surface area contributed by atoms with Crippen LogP contribution in [0.15, 0.2) is 30.9 Å². The number of nitrogens with two attached hydrogens (primary N) is 1. The Morgan fingerprint density at radius 1 is 1.50 bits per heavy atom. The maximum absolute atomic E-state index is 11.2. The van der Waals surface area contributed by atoms with E-state index in [0.29, 0.717) is 11.5 Å². The van der Waals surface area contributed by atoms with Crippen molar-refractivity contribution in [3.05, 3.63) is 36.5 Å². The number of ether oxygens (including phenoxy) is 1. The third-order valence-electron chi connectivity index (χ3n) is 2.04. The molecule has 0 radical (unpaired) electrons. The summed E-state index contributed by atoms with van der Waals surface area (Å²) in [5, 5.41) is 0. The second-order valence-electron chi connectivity index (χ2n) is 3.07. The van der Waals surface area contributed by atoms with Gasteiger partial charge in [0.05, 0.1) is 12.8 Å². The zero-order valence-corrected chi connectivity index (χ0v) is 8.62. The second-order valence-corrected chi connectivity index (χ2v) is 3.07. The van der Waals surface area contributed by atoms with Crippen molar-refractivity contribution in [3.8, 4) is 5.82 Å². The smallest absolute Gasteiger partial charge is 0.358 e. The molecule has 0 aliphatic carbocycles. The zero-order valence-electron chi connectivity index (χ0n) is 8.62. The molecule has 0 saturated heterocycles. The van der Waals surface area contributed by atoms with Crippen LogP contribution in [0.25, 0.3) is 5.82 Å². The molecule has 0 atom stereocenters. The molecule has 0 aliphatic rings. The Morgan fingerprint density at radius 3 is 3.00 bits per heavy atom. The van der Waals surface area contributed by atoms with E-state index in [9.17, 15) is 4.79 Å². The summed E-state index contributed by atoms with van der Waals surface area (Å²) in [5.74, 6) is 0.0402. The van der Waals surface area contributed by atoms with Crippen LogP contribution in [0.5, 0.6) is 0 Å². The minimum atomic E-state index is -0.492. The normalized spacial score (nSPS) is 10.1. The highest BCUT2D eigenvalue weighted by Gasteiger charge is 2.11. The van der Waals surface area contributed by atoms with Gasteiger partial charge in [0.25, 0.3) is 0 Å². The van der Waals surface area contributed by atoms with E-state index >= 15 is 0 Å². The number of carbonyl (C=O) groups excluding carboxylic acids is 1. The van der Waals surface area contributed by atoms with E-state index in [4.69, 9.17) is 5.73 Å². The number of hydrogen-bond acceptors (Lipinski definition) is 5. The van der Waals surface area contributed by atoms with Gasteiger partial charge in [-0.05, 0) is 12.1 Å². The molecule has 82 valence electrons. The van der Waals surface area contributed by atoms with E-state index in [1.807, 2.05) is 0 Å². The van der Waals surface area contributed by atoms with Crippen molar-refractivity contribution in [1.82, 2.24) is 14.5 Å². The number of pyridine rings is 1. The van der Waals surface area contributed by atoms with Gasteiger partial charge in [0.15, 0.2) is 11.5 Å². The molecule has 2 aromatic heterocycles. The van der Waals surface area contributed by atoms with E-state index < -0.39 is 5.97 Å². The maximum Gasteiger partial charge on any atom is 0.358 e. The Labute approximate surface area is 91.7 Å². The maximum atomic E-state index is 11.2. The number of methoxy groups -OCH3 is 1. The molecule has 0 bridgehead atoms. The lowest BCUT2D eigenvalue weighted by Gasteiger charge is -2.02. The Bertz CT molecular complexity index is 521. The first-order chi connectivity index (χ1) is 7.72. The molecule has 6 heteroatoms. The monoisotopic (exact) mass is 218 g/mol. The van der Waals surface area contributed by atoms with Crippen molar-refractivity contribution in [1.29, 1.82) is 0 Å². The largest absolute Gasteiger partial charge is 0.464 e. The topological polar surface area (TPSA) is 83.0 Å². The van der Waals surface area contributed by atoms with Gasteiger partial charge < -0.3 is 10.5 Å². The highest BCUT2D eigenvalue weighted by atomic mass is 16.5. The molecule has 0 unspecified atom stereocenters. The Balaban J connectivity index is 2.39. The van der Waals surface area contributed by atoms with Crippen LogP contribution < -0.4 is 5.73 Å². The van der Waals surface area contributed by atoms with E-state index in [-0.39, 0.29) is 5.69 Å². The lowest BCUT2D eigenvalue weighted by molar-refractivity contribution is 0.0594. The molecule has 2 heterocycles. The van der Waals surface area contributed by atoms with Crippen molar-refractivity contribution >= 4 is 11.7 Å². The van der Waals surface area contributed by atoms with E-state index in [1.54, 1.807) is 22.9 Å². The van der Waals surface area contributed by atoms with Gasteiger partial charge in [0.1, 0.15) is 6.33 Å². The van der Waals surface area contributed by atoms with Crippen molar-refractivity contribution in [2.45, 2.75) is 0 Å². The summed E-state index contributed by atoms with van der Waals surface area (Å²) in [5.41, 5.74) is 6.47. The molecule has 0 spiro atoms. The molecule has 0 aliphatic heterocycles. The van der Waals surface area contributed by atoms with Crippen LogP contribution in [-0.4, -0.2) is 27.6 Å². The lowest BCUT2D eigenvalue weighted by atomic mass is 10.4. The second kappa shape index (κ2) is 4.01. The Kier molecular flexibility index (Phi) is 2.55. The summed E-state index contributed by atoms with van der Waals surface area (Å²) in [6.45, 7) is 0. The van der Waals surface area contributed by atoms with Crippen molar-refractivity contribution in [2.75, 3.05) is 12.8 Å². The molecule has 2 rings (SSSR count). The van der Waals surface area contributed by atoms with Gasteiger partial charge in [-0.15, -0.1) is 0 Å². The molecular formula is C10H10N4O2. The minimum Gasteiger partial charge on any atom is -0.464 e. The number of rotatable bonds is 2. The molecule has 6 nitrogen and oxygen atoms in total. The molecular weight excluding hydrogens is 208 g/mol. The number of aromatic nitrogens is 3. The van der Waals surface area contributed by atoms with E-state index in [1.165, 1.54) is 19.6 Å². The van der Waals surface area contributed by atoms with Crippen LogP contribution in [0, 0.1) is 0 Å². The highest BCUT2D eigenvalue weighted by molar-refractivity contribution is 5.86. The Morgan fingerprint density at radius 2 is 2.31 bits per heavy atom. The molecule has 2 N–H and O–H groups in total. The van der Waals surface area contributed by atoms with Gasteiger partial charge in [0.2, 0.25) is 0 Å². The van der Waals surface area contributed by atoms with Crippen LogP contribution in [0.4, 0.5) is 5.69 Å². The first-order valence-electron chi connectivity index (χ1n) is 4.55. The Hall–Kier alpha value is -2.37. The lowest BCUT2D eigenvalue weighted by Crippen LogP contribution is -2.02. The van der Waals surface area contributed by atoms with Crippen LogP contribution in [0.3, 0.4) is 0 Å². The predicted octanol–water partition coefficient (Wildman–Crippen LogP) is 0.636. The molecule has 0 fully saturated rings. The van der Waals surface area contributed by atoms with Crippen molar-refractivity contribution in [3.63, 3.8) is 0 Å². The van der Waals surface area contributed by atoms with Crippen molar-refractivity contribution in [2.24, 2.45) is 0 Å². The molecule has 16 heavy (non-hydrogen) atoms. The number of nitrogen functional groups attached to an aromatic ring is 1. The fourth-order valence-electron chi connectivity index (χ4n) is 1.27. The first kappa shape index (κ1) is 10.2. The number of imidazole rings is 1. The predicted molar refractivity (Wildman–Crippen MR) is 57.1 cm³/mol. The standard InChI is InChI=1S/C10H10N4O2/c1-16-10(15)8-5-14(6-13-8)9-7(11)3-2-4-12-9/h2-6H,11H2,1H3. The minimum absolute atomic E-state index is 0.215. The van der Waals surface area contributed by atoms with Crippen LogP contribution in [-0.2, 0) is 4.74 Å². The molecule has 0 aromatic carbocycles. The summed E-state index contributed by atoms with van der Waals surface area (Å²) in [7, 11) is 1.30. The molecule has 0 saturated carbocycles. The summed E-state index contributed by atoms with van der Waals surface area (Å²) in [6, 6.07) is 3.46. The first-order valence-corrected chi connectivity index (χ1v) is 4.55. The third-order valence-corrected chi connectivity index (χ3v) is 2.04. The van der Waals surface area contributed by atoms with E-state index in [0.717, 1.165) is 0 Å². The van der Waals surface area contributed by atoms with Crippen LogP contribution >= 0.6 is 0 Å². The number of hydrogen-bond donors (Lipinski definition) is 1. The van der Waals surface area contributed by atoms with Crippen LogP contribution in [0.1, 0.15) is 10.5 Å². The number of carbonyl (C=O) groups is 1. The van der Waals surface area contributed by atoms with Crippen molar-refractivity contribution < 1.29 is 9.53 Å².